The van der Waals surface area contributed by atoms with Crippen LogP contribution >= 0.6 is 15.9 Å². The first kappa shape index (κ1) is 12.7. The average molecular weight is 316 g/mol. The fourth-order valence-electron chi connectivity index (χ4n) is 2.72. The highest BCUT2D eigenvalue weighted by Crippen LogP contribution is 2.37. The maximum absolute atomic E-state index is 3.63. The number of hydrogen-bond donors (Lipinski definition) is 0. The lowest BCUT2D eigenvalue weighted by Crippen LogP contribution is -2.25. The number of anilines is 1. The molecule has 3 rings (SSSR count). The Bertz CT molecular complexity index is 560. The first-order valence-corrected chi connectivity index (χ1v) is 7.64. The van der Waals surface area contributed by atoms with E-state index in [0.717, 1.165) is 6.54 Å². The molecular formula is C17H18BrN. The molecule has 98 valence electrons. The van der Waals surface area contributed by atoms with E-state index in [2.05, 4.69) is 70.2 Å². The van der Waals surface area contributed by atoms with Gasteiger partial charge in [0.1, 0.15) is 0 Å². The molecular weight excluding hydrogens is 298 g/mol. The minimum Gasteiger partial charge on any atom is -0.337 e. The lowest BCUT2D eigenvalue weighted by molar-refractivity contribution is 0.646. The minimum absolute atomic E-state index is 0.928. The molecule has 2 heteroatoms. The van der Waals surface area contributed by atoms with E-state index in [9.17, 15) is 0 Å². The van der Waals surface area contributed by atoms with Gasteiger partial charge in [0.15, 0.2) is 0 Å². The van der Waals surface area contributed by atoms with Crippen LogP contribution in [0.15, 0.2) is 63.8 Å². The van der Waals surface area contributed by atoms with Crippen LogP contribution in [0.1, 0.15) is 26.2 Å². The second-order valence-corrected chi connectivity index (χ2v) is 6.08. The Hall–Kier alpha value is -1.28. The molecule has 0 unspecified atom stereocenters. The summed E-state index contributed by atoms with van der Waals surface area (Å²) in [6.45, 7) is 3.15. The number of halogens is 1. The topological polar surface area (TPSA) is 3.24 Å². The molecule has 0 aromatic heterocycles. The van der Waals surface area contributed by atoms with Gasteiger partial charge >= 0.3 is 0 Å². The average Bonchev–Trinajstić information content (AvgIpc) is 2.49. The third-order valence-electron chi connectivity index (χ3n) is 3.83. The van der Waals surface area contributed by atoms with Crippen molar-refractivity contribution < 1.29 is 0 Å². The second kappa shape index (κ2) is 5.38. The number of hydrogen-bond acceptors (Lipinski definition) is 1. The monoisotopic (exact) mass is 315 g/mol. The van der Waals surface area contributed by atoms with Gasteiger partial charge in [-0.1, -0.05) is 40.2 Å². The SMILES string of the molecule is CC1=CC(Br)=CCN(c2ccccc2)C1=C1CCC1. The Morgan fingerprint density at radius 2 is 1.84 bits per heavy atom. The number of nitrogens with zero attached hydrogens (tertiary/aromatic N) is 1. The van der Waals surface area contributed by atoms with Gasteiger partial charge in [0.2, 0.25) is 0 Å². The summed E-state index contributed by atoms with van der Waals surface area (Å²) in [5.41, 5.74) is 5.68. The largest absolute Gasteiger partial charge is 0.337 e. The molecule has 1 heterocycles. The molecule has 0 atom stereocenters. The molecule has 1 nitrogen and oxygen atoms in total. The van der Waals surface area contributed by atoms with E-state index in [1.807, 2.05) is 0 Å². The van der Waals surface area contributed by atoms with Gasteiger partial charge < -0.3 is 4.90 Å². The van der Waals surface area contributed by atoms with E-state index >= 15 is 0 Å². The van der Waals surface area contributed by atoms with Gasteiger partial charge in [0.25, 0.3) is 0 Å². The van der Waals surface area contributed by atoms with Gasteiger partial charge in [0, 0.05) is 22.4 Å². The van der Waals surface area contributed by atoms with Crippen LogP contribution in [0.5, 0.6) is 0 Å². The van der Waals surface area contributed by atoms with Crippen molar-refractivity contribution in [3.05, 3.63) is 63.8 Å². The summed E-state index contributed by atoms with van der Waals surface area (Å²) in [5, 5.41) is 0. The van der Waals surface area contributed by atoms with Crippen molar-refractivity contribution in [2.75, 3.05) is 11.4 Å². The molecule has 2 aliphatic rings. The molecule has 1 aliphatic carbocycles. The van der Waals surface area contributed by atoms with Crippen LogP contribution < -0.4 is 4.90 Å². The minimum atomic E-state index is 0.928. The van der Waals surface area contributed by atoms with Crippen LogP contribution in [0.2, 0.25) is 0 Å². The Morgan fingerprint density at radius 1 is 1.11 bits per heavy atom. The Kier molecular flexibility index (Phi) is 3.61. The van der Waals surface area contributed by atoms with Gasteiger partial charge in [-0.05, 0) is 55.5 Å². The zero-order chi connectivity index (χ0) is 13.2. The number of allylic oxidation sites excluding steroid dienone is 4. The Balaban J connectivity index is 2.08. The van der Waals surface area contributed by atoms with Gasteiger partial charge in [-0.2, -0.15) is 0 Å². The van der Waals surface area contributed by atoms with Crippen molar-refractivity contribution in [3.8, 4) is 0 Å². The van der Waals surface area contributed by atoms with Gasteiger partial charge in [-0.3, -0.25) is 0 Å². The van der Waals surface area contributed by atoms with Gasteiger partial charge in [-0.25, -0.2) is 0 Å². The summed E-state index contributed by atoms with van der Waals surface area (Å²) < 4.78 is 1.18. The summed E-state index contributed by atoms with van der Waals surface area (Å²) in [5.74, 6) is 0. The van der Waals surface area contributed by atoms with Crippen molar-refractivity contribution in [2.45, 2.75) is 26.2 Å². The Labute approximate surface area is 123 Å². The number of benzene rings is 1. The van der Waals surface area contributed by atoms with E-state index in [1.165, 1.54) is 40.7 Å². The highest BCUT2D eigenvalue weighted by molar-refractivity contribution is 9.11. The first-order chi connectivity index (χ1) is 9.25. The lowest BCUT2D eigenvalue weighted by atomic mass is 9.88. The third kappa shape index (κ3) is 2.55. The molecule has 1 aromatic rings. The molecule has 0 amide bonds. The number of para-hydroxylation sites is 1. The zero-order valence-corrected chi connectivity index (χ0v) is 12.8. The Morgan fingerprint density at radius 3 is 2.47 bits per heavy atom. The fourth-order valence-corrected chi connectivity index (χ4v) is 3.21. The van der Waals surface area contributed by atoms with E-state index in [0.29, 0.717) is 0 Å². The molecule has 0 N–H and O–H groups in total. The number of rotatable bonds is 1. The second-order valence-electron chi connectivity index (χ2n) is 5.17. The third-order valence-corrected chi connectivity index (χ3v) is 4.38. The molecule has 0 bridgehead atoms. The van der Waals surface area contributed by atoms with Gasteiger partial charge in [0.05, 0.1) is 0 Å². The highest BCUT2D eigenvalue weighted by atomic mass is 79.9. The van der Waals surface area contributed by atoms with Crippen molar-refractivity contribution in [2.24, 2.45) is 0 Å². The van der Waals surface area contributed by atoms with Crippen LogP contribution in [-0.2, 0) is 0 Å². The first-order valence-electron chi connectivity index (χ1n) is 6.84. The predicted octanol–water partition coefficient (Wildman–Crippen LogP) is 5.17. The van der Waals surface area contributed by atoms with Crippen LogP contribution in [0, 0.1) is 0 Å². The van der Waals surface area contributed by atoms with Crippen molar-refractivity contribution in [3.63, 3.8) is 0 Å². The molecule has 0 saturated heterocycles. The van der Waals surface area contributed by atoms with Crippen molar-refractivity contribution >= 4 is 21.6 Å². The molecule has 19 heavy (non-hydrogen) atoms. The summed E-state index contributed by atoms with van der Waals surface area (Å²) >= 11 is 3.63. The molecule has 0 spiro atoms. The van der Waals surface area contributed by atoms with E-state index in [4.69, 9.17) is 0 Å². The molecule has 0 radical (unpaired) electrons. The van der Waals surface area contributed by atoms with E-state index in [1.54, 1.807) is 5.57 Å². The quantitative estimate of drug-likeness (QED) is 0.691. The smallest absolute Gasteiger partial charge is 0.0435 e. The fraction of sp³-hybridized carbons (Fsp3) is 0.294. The summed E-state index contributed by atoms with van der Waals surface area (Å²) in [4.78, 5) is 2.44. The van der Waals surface area contributed by atoms with Crippen LogP contribution in [-0.4, -0.2) is 6.54 Å². The molecule has 1 aliphatic heterocycles. The van der Waals surface area contributed by atoms with Gasteiger partial charge in [-0.15, -0.1) is 0 Å². The zero-order valence-electron chi connectivity index (χ0n) is 11.2. The van der Waals surface area contributed by atoms with Crippen LogP contribution in [0.3, 0.4) is 0 Å². The predicted molar refractivity (Wildman–Crippen MR) is 85.4 cm³/mol. The van der Waals surface area contributed by atoms with E-state index in [-0.39, 0.29) is 0 Å². The maximum atomic E-state index is 3.63. The van der Waals surface area contributed by atoms with Crippen LogP contribution in [0.4, 0.5) is 5.69 Å². The lowest BCUT2D eigenvalue weighted by Gasteiger charge is -2.32. The summed E-state index contributed by atoms with van der Waals surface area (Å²) in [6, 6.07) is 10.7. The molecule has 1 aromatic carbocycles. The summed E-state index contributed by atoms with van der Waals surface area (Å²) in [6.07, 6.45) is 8.32. The summed E-state index contributed by atoms with van der Waals surface area (Å²) in [7, 11) is 0. The maximum Gasteiger partial charge on any atom is 0.0435 e. The highest BCUT2D eigenvalue weighted by Gasteiger charge is 2.22. The van der Waals surface area contributed by atoms with Crippen molar-refractivity contribution in [1.82, 2.24) is 0 Å². The normalized spacial score (nSPS) is 19.6. The van der Waals surface area contributed by atoms with Crippen molar-refractivity contribution in [1.29, 1.82) is 0 Å². The molecule has 1 fully saturated rings. The van der Waals surface area contributed by atoms with E-state index < -0.39 is 0 Å². The molecule has 1 saturated carbocycles. The standard InChI is InChI=1S/C17H18BrN/c1-13-12-15(18)10-11-19(16-8-3-2-4-9-16)17(13)14-6-5-7-14/h2-4,8-10,12H,5-7,11H2,1H3. The van der Waals surface area contributed by atoms with Crippen LogP contribution in [0.25, 0.3) is 0 Å².